The Hall–Kier alpha value is -0.440. The van der Waals surface area contributed by atoms with Crippen molar-refractivity contribution in [2.75, 3.05) is 18.1 Å². The fraction of sp³-hybridized carbons (Fsp3) is 0.333. The maximum atomic E-state index is 5.91. The van der Waals surface area contributed by atoms with Gasteiger partial charge in [-0.05, 0) is 24.6 Å². The van der Waals surface area contributed by atoms with Crippen LogP contribution in [0.3, 0.4) is 0 Å². The van der Waals surface area contributed by atoms with Crippen LogP contribution in [0, 0.1) is 0 Å². The summed E-state index contributed by atoms with van der Waals surface area (Å²) in [4.78, 5) is 0. The van der Waals surface area contributed by atoms with Gasteiger partial charge in [0, 0.05) is 13.1 Å². The van der Waals surface area contributed by atoms with Gasteiger partial charge >= 0.3 is 0 Å². The van der Waals surface area contributed by atoms with E-state index in [0.29, 0.717) is 10.0 Å². The summed E-state index contributed by atoms with van der Waals surface area (Å²) in [5, 5.41) is 3.29. The summed E-state index contributed by atoms with van der Waals surface area (Å²) < 4.78 is 0. The lowest BCUT2D eigenvalue weighted by atomic mass is 10.3. The highest BCUT2D eigenvalue weighted by molar-refractivity contribution is 6.42. The van der Waals surface area contributed by atoms with E-state index in [9.17, 15) is 0 Å². The van der Waals surface area contributed by atoms with Gasteiger partial charge in [0.05, 0.1) is 15.7 Å². The predicted octanol–water partition coefficient (Wildman–Crippen LogP) is 2.71. The van der Waals surface area contributed by atoms with Crippen LogP contribution in [0.4, 0.5) is 5.69 Å². The Labute approximate surface area is 87.4 Å². The van der Waals surface area contributed by atoms with E-state index in [4.69, 9.17) is 23.2 Å². The van der Waals surface area contributed by atoms with E-state index in [1.165, 1.54) is 6.42 Å². The predicted molar refractivity (Wildman–Crippen MR) is 56.4 cm³/mol. The Bertz CT molecular complexity index is 308. The highest BCUT2D eigenvalue weighted by Gasteiger charge is 2.12. The molecule has 2 nitrogen and oxygen atoms in total. The second-order valence-corrected chi connectivity index (χ2v) is 3.83. The molecule has 1 heterocycles. The summed E-state index contributed by atoms with van der Waals surface area (Å²) in [6.07, 6.45) is 1.17. The first-order chi connectivity index (χ1) is 6.27. The van der Waals surface area contributed by atoms with Gasteiger partial charge in [0.15, 0.2) is 0 Å². The van der Waals surface area contributed by atoms with Gasteiger partial charge in [-0.2, -0.15) is 0 Å². The number of nitrogens with zero attached hydrogens (tertiary/aromatic N) is 1. The highest BCUT2D eigenvalue weighted by atomic mass is 35.5. The molecular weight excluding hydrogens is 207 g/mol. The average molecular weight is 217 g/mol. The van der Waals surface area contributed by atoms with E-state index in [-0.39, 0.29) is 0 Å². The van der Waals surface area contributed by atoms with Crippen LogP contribution in [-0.2, 0) is 0 Å². The number of halogens is 2. The van der Waals surface area contributed by atoms with Crippen molar-refractivity contribution in [2.24, 2.45) is 0 Å². The summed E-state index contributed by atoms with van der Waals surface area (Å²) in [6.45, 7) is 2.05. The molecule has 1 aromatic carbocycles. The molecule has 0 aliphatic carbocycles. The molecule has 2 rings (SSSR count). The molecule has 1 saturated heterocycles. The van der Waals surface area contributed by atoms with Gasteiger partial charge in [-0.3, -0.25) is 0 Å². The standard InChI is InChI=1S/C9H10Cl2N2/c10-8-3-2-7(6-9(8)11)13-5-1-4-12-13/h2-3,6,12H,1,4-5H2. The Kier molecular flexibility index (Phi) is 2.63. The molecular formula is C9H10Cl2N2. The van der Waals surface area contributed by atoms with Gasteiger partial charge in [0.2, 0.25) is 0 Å². The Morgan fingerprint density at radius 3 is 2.69 bits per heavy atom. The van der Waals surface area contributed by atoms with E-state index >= 15 is 0 Å². The molecule has 1 aliphatic heterocycles. The Morgan fingerprint density at radius 2 is 2.08 bits per heavy atom. The van der Waals surface area contributed by atoms with Crippen molar-refractivity contribution in [3.05, 3.63) is 28.2 Å². The zero-order chi connectivity index (χ0) is 9.26. The molecule has 1 N–H and O–H groups in total. The minimum atomic E-state index is 0.601. The smallest absolute Gasteiger partial charge is 0.0613 e. The molecule has 1 aromatic rings. The minimum absolute atomic E-state index is 0.601. The summed E-state index contributed by atoms with van der Waals surface area (Å²) in [5.74, 6) is 0. The van der Waals surface area contributed by atoms with Gasteiger partial charge in [-0.15, -0.1) is 0 Å². The van der Waals surface area contributed by atoms with E-state index in [1.54, 1.807) is 0 Å². The van der Waals surface area contributed by atoms with E-state index in [0.717, 1.165) is 18.8 Å². The minimum Gasteiger partial charge on any atom is -0.308 e. The zero-order valence-electron chi connectivity index (χ0n) is 7.06. The number of nitrogens with one attached hydrogen (secondary N) is 1. The second-order valence-electron chi connectivity index (χ2n) is 3.01. The van der Waals surface area contributed by atoms with Gasteiger partial charge < -0.3 is 5.01 Å². The van der Waals surface area contributed by atoms with Gasteiger partial charge in [0.25, 0.3) is 0 Å². The zero-order valence-corrected chi connectivity index (χ0v) is 8.57. The molecule has 0 bridgehead atoms. The number of hydrazine groups is 1. The lowest BCUT2D eigenvalue weighted by Crippen LogP contribution is -2.30. The third-order valence-corrected chi connectivity index (χ3v) is 2.82. The van der Waals surface area contributed by atoms with Crippen LogP contribution in [0.1, 0.15) is 6.42 Å². The lowest BCUT2D eigenvalue weighted by molar-refractivity contribution is 0.787. The van der Waals surface area contributed by atoms with Crippen LogP contribution >= 0.6 is 23.2 Å². The quantitative estimate of drug-likeness (QED) is 0.777. The first-order valence-electron chi connectivity index (χ1n) is 4.23. The van der Waals surface area contributed by atoms with Gasteiger partial charge in [-0.25, -0.2) is 5.43 Å². The van der Waals surface area contributed by atoms with E-state index in [2.05, 4.69) is 10.4 Å². The fourth-order valence-electron chi connectivity index (χ4n) is 1.40. The topological polar surface area (TPSA) is 15.3 Å². The van der Waals surface area contributed by atoms with E-state index < -0.39 is 0 Å². The van der Waals surface area contributed by atoms with Crippen molar-refractivity contribution in [3.63, 3.8) is 0 Å². The molecule has 0 unspecified atom stereocenters. The van der Waals surface area contributed by atoms with Gasteiger partial charge in [0.1, 0.15) is 0 Å². The van der Waals surface area contributed by atoms with Crippen LogP contribution in [0.5, 0.6) is 0 Å². The fourth-order valence-corrected chi connectivity index (χ4v) is 1.70. The summed E-state index contributed by atoms with van der Waals surface area (Å²) in [5.41, 5.74) is 4.33. The molecule has 0 aromatic heterocycles. The first-order valence-corrected chi connectivity index (χ1v) is 4.99. The normalized spacial score (nSPS) is 16.6. The SMILES string of the molecule is Clc1ccc(N2CCCN2)cc1Cl. The third-order valence-electron chi connectivity index (χ3n) is 2.08. The number of benzene rings is 1. The third kappa shape index (κ3) is 1.90. The molecule has 13 heavy (non-hydrogen) atoms. The number of anilines is 1. The molecule has 0 amide bonds. The molecule has 0 spiro atoms. The maximum absolute atomic E-state index is 5.91. The van der Waals surface area contributed by atoms with Crippen molar-refractivity contribution >= 4 is 28.9 Å². The second kappa shape index (κ2) is 3.74. The van der Waals surface area contributed by atoms with Crippen LogP contribution < -0.4 is 10.4 Å². The van der Waals surface area contributed by atoms with Crippen molar-refractivity contribution in [1.82, 2.24) is 5.43 Å². The van der Waals surface area contributed by atoms with Crippen molar-refractivity contribution in [1.29, 1.82) is 0 Å². The number of hydrogen-bond acceptors (Lipinski definition) is 2. The van der Waals surface area contributed by atoms with Crippen LogP contribution in [0.25, 0.3) is 0 Å². The van der Waals surface area contributed by atoms with Crippen LogP contribution in [0.15, 0.2) is 18.2 Å². The van der Waals surface area contributed by atoms with Crippen LogP contribution in [0.2, 0.25) is 10.0 Å². The molecule has 70 valence electrons. The molecule has 0 atom stereocenters. The van der Waals surface area contributed by atoms with Crippen LogP contribution in [-0.4, -0.2) is 13.1 Å². The van der Waals surface area contributed by atoms with E-state index in [1.807, 2.05) is 18.2 Å². The Balaban J connectivity index is 2.25. The highest BCUT2D eigenvalue weighted by Crippen LogP contribution is 2.27. The summed E-state index contributed by atoms with van der Waals surface area (Å²) >= 11 is 11.7. The Morgan fingerprint density at radius 1 is 1.23 bits per heavy atom. The monoisotopic (exact) mass is 216 g/mol. The van der Waals surface area contributed by atoms with Crippen molar-refractivity contribution in [3.8, 4) is 0 Å². The molecule has 4 heteroatoms. The molecule has 1 aliphatic rings. The summed E-state index contributed by atoms with van der Waals surface area (Å²) in [6, 6.07) is 5.66. The lowest BCUT2D eigenvalue weighted by Gasteiger charge is -2.17. The maximum Gasteiger partial charge on any atom is 0.0613 e. The molecule has 0 saturated carbocycles. The van der Waals surface area contributed by atoms with Crippen molar-refractivity contribution < 1.29 is 0 Å². The van der Waals surface area contributed by atoms with Gasteiger partial charge in [-0.1, -0.05) is 23.2 Å². The van der Waals surface area contributed by atoms with Crippen molar-refractivity contribution in [2.45, 2.75) is 6.42 Å². The molecule has 0 radical (unpaired) electrons. The first kappa shape index (κ1) is 9.13. The number of hydrogen-bond donors (Lipinski definition) is 1. The largest absolute Gasteiger partial charge is 0.308 e. The number of rotatable bonds is 1. The average Bonchev–Trinajstić information content (AvgIpc) is 2.62. The molecule has 1 fully saturated rings. The summed E-state index contributed by atoms with van der Waals surface area (Å²) in [7, 11) is 0.